The Labute approximate surface area is 45.9 Å². The molecule has 5 heteroatoms. The van der Waals surface area contributed by atoms with E-state index in [9.17, 15) is 0 Å². The van der Waals surface area contributed by atoms with Crippen LogP contribution in [0.3, 0.4) is 0 Å². The van der Waals surface area contributed by atoms with Crippen molar-refractivity contribution in [1.82, 2.24) is 0 Å². The maximum Gasteiger partial charge on any atom is 1.00 e. The van der Waals surface area contributed by atoms with Crippen molar-refractivity contribution in [3.63, 3.8) is 0 Å². The second-order valence-corrected chi connectivity index (χ2v) is 0.0745. The van der Waals surface area contributed by atoms with E-state index in [1.54, 1.807) is 0 Å². The SMILES string of the molecule is O=N[O-].[Li+].[Si]. The first-order chi connectivity index (χ1) is 1.41. The number of hydrogen-bond acceptors (Lipinski definition) is 3. The predicted molar refractivity (Wildman–Crippen MR) is 14.9 cm³/mol. The van der Waals surface area contributed by atoms with E-state index in [4.69, 9.17) is 10.1 Å². The normalized spacial score (nSPS) is 2.40. The molecule has 0 heterocycles. The summed E-state index contributed by atoms with van der Waals surface area (Å²) in [4.78, 5) is 8.00. The Morgan fingerprint density at radius 2 is 1.60 bits per heavy atom. The maximum absolute atomic E-state index is 8.00. The minimum absolute atomic E-state index is 0. The molecule has 0 atom stereocenters. The smallest absolute Gasteiger partial charge is 0.444 e. The van der Waals surface area contributed by atoms with Crippen LogP contribution in [0.25, 0.3) is 0 Å². The first-order valence-corrected chi connectivity index (χ1v) is 0.365. The fraction of sp³-hybridized carbons (Fsp3) is 0. The van der Waals surface area contributed by atoms with Gasteiger partial charge in [-0.1, -0.05) is 0 Å². The van der Waals surface area contributed by atoms with E-state index < -0.39 is 0 Å². The van der Waals surface area contributed by atoms with E-state index in [0.29, 0.717) is 0 Å². The summed E-state index contributed by atoms with van der Waals surface area (Å²) in [6.07, 6.45) is 0. The largest absolute Gasteiger partial charge is 1.00 e. The summed E-state index contributed by atoms with van der Waals surface area (Å²) in [5, 5.41) is 9.00. The van der Waals surface area contributed by atoms with E-state index in [1.165, 1.54) is 0 Å². The van der Waals surface area contributed by atoms with Gasteiger partial charge in [0.25, 0.3) is 0 Å². The molecular weight excluding hydrogens is 81.0 g/mol. The Bertz CT molecular complexity index is 17.1. The van der Waals surface area contributed by atoms with Crippen LogP contribution < -0.4 is 18.9 Å². The van der Waals surface area contributed by atoms with Crippen molar-refractivity contribution in [2.45, 2.75) is 0 Å². The van der Waals surface area contributed by atoms with Gasteiger partial charge < -0.3 is 10.1 Å². The second kappa shape index (κ2) is 29.5. The quantitative estimate of drug-likeness (QED) is 0.176. The van der Waals surface area contributed by atoms with E-state index in [0.717, 1.165) is 5.34 Å². The van der Waals surface area contributed by atoms with Crippen LogP contribution in [-0.4, -0.2) is 11.0 Å². The summed E-state index contributed by atoms with van der Waals surface area (Å²) in [6, 6.07) is 0. The predicted octanol–water partition coefficient (Wildman–Crippen LogP) is -3.13. The van der Waals surface area contributed by atoms with Gasteiger partial charge in [-0.3, -0.25) is 0 Å². The standard InChI is InChI=1S/Li.HNO2.Si/c;2-1-3;/h;(H,2,3);/q+1;;/p-1. The number of nitrogens with zero attached hydrogens (tertiary/aromatic N) is 1. The van der Waals surface area contributed by atoms with Gasteiger partial charge >= 0.3 is 18.9 Å². The zero-order valence-corrected chi connectivity index (χ0v) is 3.76. The van der Waals surface area contributed by atoms with Gasteiger partial charge in [-0.05, 0) is 0 Å². The van der Waals surface area contributed by atoms with Crippen molar-refractivity contribution in [1.29, 1.82) is 0 Å². The van der Waals surface area contributed by atoms with Crippen molar-refractivity contribution in [3.8, 4) is 0 Å². The second-order valence-electron chi connectivity index (χ2n) is 0.0745. The van der Waals surface area contributed by atoms with Crippen molar-refractivity contribution in [2.75, 3.05) is 0 Å². The van der Waals surface area contributed by atoms with Crippen molar-refractivity contribution in [3.05, 3.63) is 10.1 Å². The maximum atomic E-state index is 8.00. The van der Waals surface area contributed by atoms with Crippen LogP contribution in [0, 0.1) is 10.1 Å². The minimum Gasteiger partial charge on any atom is -0.444 e. The topological polar surface area (TPSA) is 52.5 Å². The van der Waals surface area contributed by atoms with Crippen LogP contribution in [0.4, 0.5) is 0 Å². The molecule has 0 bridgehead atoms. The van der Waals surface area contributed by atoms with E-state index in [1.807, 2.05) is 0 Å². The molecule has 0 saturated carbocycles. The molecular formula is LiNO2Si. The van der Waals surface area contributed by atoms with Gasteiger partial charge in [-0.15, -0.1) is 5.34 Å². The summed E-state index contributed by atoms with van der Waals surface area (Å²) in [5.74, 6) is 0. The van der Waals surface area contributed by atoms with E-state index in [2.05, 4.69) is 0 Å². The molecule has 3 nitrogen and oxygen atoms in total. The summed E-state index contributed by atoms with van der Waals surface area (Å²) < 4.78 is 0. The third-order valence-electron chi connectivity index (χ3n) is 0. The molecule has 0 aromatic heterocycles. The minimum atomic E-state index is 0. The van der Waals surface area contributed by atoms with E-state index in [-0.39, 0.29) is 29.8 Å². The van der Waals surface area contributed by atoms with Crippen molar-refractivity contribution >= 4 is 11.0 Å². The van der Waals surface area contributed by atoms with Crippen LogP contribution in [0.15, 0.2) is 5.34 Å². The van der Waals surface area contributed by atoms with Gasteiger partial charge in [-0.25, -0.2) is 0 Å². The molecule has 4 radical (unpaired) electrons. The summed E-state index contributed by atoms with van der Waals surface area (Å²) in [5.41, 5.74) is 0. The van der Waals surface area contributed by atoms with Crippen molar-refractivity contribution in [2.24, 2.45) is 5.34 Å². The van der Waals surface area contributed by atoms with E-state index >= 15 is 0 Å². The van der Waals surface area contributed by atoms with Crippen LogP contribution >= 0.6 is 0 Å². The fourth-order valence-electron chi connectivity index (χ4n) is 0. The van der Waals surface area contributed by atoms with Crippen molar-refractivity contribution < 1.29 is 18.9 Å². The summed E-state index contributed by atoms with van der Waals surface area (Å²) >= 11 is 0. The van der Waals surface area contributed by atoms with Crippen LogP contribution in [0.1, 0.15) is 0 Å². The Hall–Kier alpha value is 0.214. The van der Waals surface area contributed by atoms with Crippen LogP contribution in [0.5, 0.6) is 0 Å². The van der Waals surface area contributed by atoms with Crippen LogP contribution in [-0.2, 0) is 0 Å². The Balaban J connectivity index is -0.0000000200. The first-order valence-electron chi connectivity index (χ1n) is 0.365. The molecule has 0 aliphatic heterocycles. The molecule has 0 rings (SSSR count). The van der Waals surface area contributed by atoms with Crippen LogP contribution in [0.2, 0.25) is 0 Å². The molecule has 5 heavy (non-hydrogen) atoms. The zero-order valence-electron chi connectivity index (χ0n) is 2.76. The summed E-state index contributed by atoms with van der Waals surface area (Å²) in [6.45, 7) is 0. The Morgan fingerprint density at radius 1 is 1.60 bits per heavy atom. The first kappa shape index (κ1) is 18.9. The van der Waals surface area contributed by atoms with Gasteiger partial charge in [-0.2, -0.15) is 0 Å². The average molecular weight is 81.0 g/mol. The van der Waals surface area contributed by atoms with Gasteiger partial charge in [0.05, 0.1) is 0 Å². The number of hydrogen-bond donors (Lipinski definition) is 0. The van der Waals surface area contributed by atoms with Gasteiger partial charge in [0.2, 0.25) is 0 Å². The fourth-order valence-corrected chi connectivity index (χ4v) is 0. The average Bonchev–Trinajstić information content (AvgIpc) is 0.918. The molecule has 0 spiro atoms. The monoisotopic (exact) mass is 81.0 g/mol. The van der Waals surface area contributed by atoms with Gasteiger partial charge in [0, 0.05) is 11.0 Å². The molecule has 0 fully saturated rings. The Kier molecular flexibility index (Phi) is 112. The van der Waals surface area contributed by atoms with Gasteiger partial charge in [0.1, 0.15) is 0 Å². The molecule has 22 valence electrons. The summed E-state index contributed by atoms with van der Waals surface area (Å²) in [7, 11) is 0. The molecule has 0 saturated heterocycles. The number of rotatable bonds is 0. The zero-order chi connectivity index (χ0) is 2.71. The molecule has 0 unspecified atom stereocenters. The van der Waals surface area contributed by atoms with Gasteiger partial charge in [0.15, 0.2) is 0 Å². The molecule has 0 aromatic rings. The molecule has 0 aliphatic rings. The Morgan fingerprint density at radius 3 is 1.60 bits per heavy atom. The third-order valence-corrected chi connectivity index (χ3v) is 0. The molecule has 0 N–H and O–H groups in total. The molecule has 0 aromatic carbocycles. The third kappa shape index (κ3) is 450. The molecule has 0 aliphatic carbocycles. The molecule has 0 amide bonds.